The molecule has 118 valence electrons. The number of fused-ring (bicyclic) bond motifs is 1. The third kappa shape index (κ3) is 3.07. The molecule has 0 unspecified atom stereocenters. The van der Waals surface area contributed by atoms with Gasteiger partial charge in [-0.15, -0.1) is 11.3 Å². The highest BCUT2D eigenvalue weighted by Gasteiger charge is 2.18. The predicted molar refractivity (Wildman–Crippen MR) is 89.2 cm³/mol. The van der Waals surface area contributed by atoms with E-state index in [1.165, 1.54) is 23.5 Å². The van der Waals surface area contributed by atoms with Crippen LogP contribution in [0.15, 0.2) is 24.3 Å². The Morgan fingerprint density at radius 2 is 2.04 bits per heavy atom. The van der Waals surface area contributed by atoms with Crippen LogP contribution in [0.25, 0.3) is 10.2 Å². The molecule has 2 heterocycles. The van der Waals surface area contributed by atoms with Crippen molar-refractivity contribution in [1.29, 1.82) is 0 Å². The molecule has 1 amide bonds. The lowest BCUT2D eigenvalue weighted by Gasteiger charge is -2.05. The molecule has 0 fully saturated rings. The van der Waals surface area contributed by atoms with Crippen molar-refractivity contribution in [3.8, 4) is 0 Å². The second-order valence-electron chi connectivity index (χ2n) is 5.41. The summed E-state index contributed by atoms with van der Waals surface area (Å²) in [7, 11) is 0. The SMILES string of the molecule is Cc1nc(C)c2c(C)c(C(=O)NCc3cccc(F)c3)sc2n1. The molecule has 4 nitrogen and oxygen atoms in total. The van der Waals surface area contributed by atoms with Gasteiger partial charge in [0, 0.05) is 17.6 Å². The topological polar surface area (TPSA) is 54.9 Å². The van der Waals surface area contributed by atoms with Crippen molar-refractivity contribution in [2.75, 3.05) is 0 Å². The second-order valence-corrected chi connectivity index (χ2v) is 6.40. The summed E-state index contributed by atoms with van der Waals surface area (Å²) < 4.78 is 13.2. The number of nitrogens with zero attached hydrogens (tertiary/aromatic N) is 2. The third-order valence-electron chi connectivity index (χ3n) is 3.63. The Kier molecular flexibility index (Phi) is 4.09. The van der Waals surface area contributed by atoms with E-state index in [0.29, 0.717) is 10.7 Å². The van der Waals surface area contributed by atoms with E-state index in [2.05, 4.69) is 15.3 Å². The van der Waals surface area contributed by atoms with Crippen molar-refractivity contribution in [2.45, 2.75) is 27.3 Å². The lowest BCUT2D eigenvalue weighted by atomic mass is 10.1. The lowest BCUT2D eigenvalue weighted by molar-refractivity contribution is 0.0954. The average molecular weight is 329 g/mol. The van der Waals surface area contributed by atoms with E-state index in [9.17, 15) is 9.18 Å². The van der Waals surface area contributed by atoms with Gasteiger partial charge in [0.25, 0.3) is 5.91 Å². The van der Waals surface area contributed by atoms with Crippen LogP contribution in [0.4, 0.5) is 4.39 Å². The number of nitrogens with one attached hydrogen (secondary N) is 1. The Bertz CT molecular complexity index is 904. The highest BCUT2D eigenvalue weighted by molar-refractivity contribution is 7.20. The molecule has 0 saturated heterocycles. The van der Waals surface area contributed by atoms with Gasteiger partial charge in [-0.3, -0.25) is 4.79 Å². The summed E-state index contributed by atoms with van der Waals surface area (Å²) in [4.78, 5) is 22.7. The highest BCUT2D eigenvalue weighted by Crippen LogP contribution is 2.31. The number of halogens is 1. The van der Waals surface area contributed by atoms with Gasteiger partial charge < -0.3 is 5.32 Å². The first-order chi connectivity index (χ1) is 11.0. The Hall–Kier alpha value is -2.34. The molecule has 0 spiro atoms. The van der Waals surface area contributed by atoms with Gasteiger partial charge in [0.1, 0.15) is 16.5 Å². The molecule has 23 heavy (non-hydrogen) atoms. The van der Waals surface area contributed by atoms with Crippen LogP contribution in [0.2, 0.25) is 0 Å². The minimum atomic E-state index is -0.309. The number of benzene rings is 1. The quantitative estimate of drug-likeness (QED) is 0.797. The van der Waals surface area contributed by atoms with E-state index in [4.69, 9.17) is 0 Å². The monoisotopic (exact) mass is 329 g/mol. The molecule has 3 rings (SSSR count). The number of aromatic nitrogens is 2. The summed E-state index contributed by atoms with van der Waals surface area (Å²) in [6, 6.07) is 6.20. The number of hydrogen-bond acceptors (Lipinski definition) is 4. The van der Waals surface area contributed by atoms with Crippen molar-refractivity contribution in [3.05, 3.63) is 57.6 Å². The zero-order valence-electron chi connectivity index (χ0n) is 13.1. The van der Waals surface area contributed by atoms with E-state index in [1.54, 1.807) is 12.1 Å². The molecule has 0 saturated carbocycles. The molecule has 0 aliphatic rings. The van der Waals surface area contributed by atoms with Crippen LogP contribution >= 0.6 is 11.3 Å². The molecule has 0 aliphatic heterocycles. The van der Waals surface area contributed by atoms with Gasteiger partial charge in [-0.2, -0.15) is 0 Å². The fourth-order valence-electron chi connectivity index (χ4n) is 2.60. The first-order valence-corrected chi connectivity index (χ1v) is 8.04. The second kappa shape index (κ2) is 6.04. The van der Waals surface area contributed by atoms with E-state index >= 15 is 0 Å². The normalized spacial score (nSPS) is 11.0. The van der Waals surface area contributed by atoms with Crippen molar-refractivity contribution in [2.24, 2.45) is 0 Å². The molecular formula is C17H16FN3OS. The van der Waals surface area contributed by atoms with Crippen molar-refractivity contribution >= 4 is 27.5 Å². The standard InChI is InChI=1S/C17H16FN3OS/c1-9-14-10(2)20-11(3)21-17(14)23-15(9)16(22)19-8-12-5-4-6-13(18)7-12/h4-7H,8H2,1-3H3,(H,19,22). The molecular weight excluding hydrogens is 313 g/mol. The van der Waals surface area contributed by atoms with Crippen LogP contribution in [0.3, 0.4) is 0 Å². The molecule has 0 atom stereocenters. The molecule has 6 heteroatoms. The minimum Gasteiger partial charge on any atom is -0.347 e. The Balaban J connectivity index is 1.86. The van der Waals surface area contributed by atoms with Crippen molar-refractivity contribution in [1.82, 2.24) is 15.3 Å². The van der Waals surface area contributed by atoms with Crippen LogP contribution in [-0.4, -0.2) is 15.9 Å². The van der Waals surface area contributed by atoms with E-state index in [1.807, 2.05) is 20.8 Å². The van der Waals surface area contributed by atoms with Gasteiger partial charge in [0.05, 0.1) is 4.88 Å². The van der Waals surface area contributed by atoms with E-state index in [0.717, 1.165) is 27.0 Å². The molecule has 1 N–H and O–H groups in total. The third-order valence-corrected chi connectivity index (χ3v) is 4.82. The maximum absolute atomic E-state index is 13.2. The van der Waals surface area contributed by atoms with E-state index in [-0.39, 0.29) is 18.3 Å². The Labute approximate surface area is 137 Å². The molecule has 2 aromatic heterocycles. The zero-order valence-corrected chi connectivity index (χ0v) is 13.9. The maximum Gasteiger partial charge on any atom is 0.261 e. The molecule has 3 aromatic rings. The van der Waals surface area contributed by atoms with Crippen LogP contribution in [0.1, 0.15) is 32.3 Å². The smallest absolute Gasteiger partial charge is 0.261 e. The molecule has 0 bridgehead atoms. The van der Waals surface area contributed by atoms with Crippen LogP contribution in [0.5, 0.6) is 0 Å². The highest BCUT2D eigenvalue weighted by atomic mass is 32.1. The molecule has 0 radical (unpaired) electrons. The van der Waals surface area contributed by atoms with Gasteiger partial charge in [-0.1, -0.05) is 12.1 Å². The van der Waals surface area contributed by atoms with Gasteiger partial charge >= 0.3 is 0 Å². The van der Waals surface area contributed by atoms with E-state index < -0.39 is 0 Å². The number of thiophene rings is 1. The summed E-state index contributed by atoms with van der Waals surface area (Å²) in [6.45, 7) is 5.95. The van der Waals surface area contributed by atoms with Crippen molar-refractivity contribution in [3.63, 3.8) is 0 Å². The Morgan fingerprint density at radius 3 is 2.78 bits per heavy atom. The number of carbonyl (C=O) groups is 1. The van der Waals surface area contributed by atoms with Crippen LogP contribution < -0.4 is 5.32 Å². The number of hydrogen-bond donors (Lipinski definition) is 1. The maximum atomic E-state index is 13.2. The number of amides is 1. The zero-order chi connectivity index (χ0) is 16.6. The summed E-state index contributed by atoms with van der Waals surface area (Å²) in [6.07, 6.45) is 0. The number of carbonyl (C=O) groups excluding carboxylic acids is 1. The van der Waals surface area contributed by atoms with Crippen LogP contribution in [0, 0.1) is 26.6 Å². The number of rotatable bonds is 3. The minimum absolute atomic E-state index is 0.174. The molecule has 0 aliphatic carbocycles. The van der Waals surface area contributed by atoms with Gasteiger partial charge in [-0.25, -0.2) is 14.4 Å². The first kappa shape index (κ1) is 15.6. The van der Waals surface area contributed by atoms with Crippen molar-refractivity contribution < 1.29 is 9.18 Å². The number of aryl methyl sites for hydroxylation is 3. The van der Waals surface area contributed by atoms with Crippen LogP contribution in [-0.2, 0) is 6.54 Å². The summed E-state index contributed by atoms with van der Waals surface area (Å²) in [5.74, 6) is 0.214. The van der Waals surface area contributed by atoms with Gasteiger partial charge in [0.15, 0.2) is 0 Å². The van der Waals surface area contributed by atoms with Gasteiger partial charge in [0.2, 0.25) is 0 Å². The predicted octanol–water partition coefficient (Wildman–Crippen LogP) is 3.69. The lowest BCUT2D eigenvalue weighted by Crippen LogP contribution is -2.22. The summed E-state index contributed by atoms with van der Waals surface area (Å²) in [5, 5.41) is 3.78. The largest absolute Gasteiger partial charge is 0.347 e. The fourth-order valence-corrected chi connectivity index (χ4v) is 3.79. The fraction of sp³-hybridized carbons (Fsp3) is 0.235. The summed E-state index contributed by atoms with van der Waals surface area (Å²) in [5.41, 5.74) is 2.49. The Morgan fingerprint density at radius 1 is 1.26 bits per heavy atom. The van der Waals surface area contributed by atoms with Gasteiger partial charge in [-0.05, 0) is 44.0 Å². The average Bonchev–Trinajstić information content (AvgIpc) is 2.82. The molecule has 1 aromatic carbocycles. The summed E-state index contributed by atoms with van der Waals surface area (Å²) >= 11 is 1.36. The first-order valence-electron chi connectivity index (χ1n) is 7.22.